The van der Waals surface area contributed by atoms with E-state index in [4.69, 9.17) is 5.11 Å². The minimum absolute atomic E-state index is 0.228. The van der Waals surface area contributed by atoms with Crippen LogP contribution < -0.4 is 10.6 Å². The van der Waals surface area contributed by atoms with Gasteiger partial charge in [-0.05, 0) is 31.2 Å². The lowest BCUT2D eigenvalue weighted by atomic mass is 10.1. The molecule has 2 atom stereocenters. The Morgan fingerprint density at radius 2 is 1.70 bits per heavy atom. The van der Waals surface area contributed by atoms with Gasteiger partial charge in [0.25, 0.3) is 5.91 Å². The topological polar surface area (TPSA) is 116 Å². The molecule has 7 nitrogen and oxygen atoms in total. The van der Waals surface area contributed by atoms with Gasteiger partial charge >= 0.3 is 5.97 Å². The van der Waals surface area contributed by atoms with Crippen molar-refractivity contribution in [3.8, 4) is 0 Å². The Kier molecular flexibility index (Phi) is 5.22. The van der Waals surface area contributed by atoms with Crippen molar-refractivity contribution in [2.45, 2.75) is 26.0 Å². The van der Waals surface area contributed by atoms with Gasteiger partial charge < -0.3 is 20.8 Å². The molecule has 0 bridgehead atoms. The van der Waals surface area contributed by atoms with Crippen LogP contribution in [-0.2, 0) is 9.59 Å². The van der Waals surface area contributed by atoms with E-state index >= 15 is 0 Å². The van der Waals surface area contributed by atoms with Gasteiger partial charge in [0.15, 0.2) is 6.04 Å². The minimum atomic E-state index is -1.38. The Labute approximate surface area is 115 Å². The zero-order valence-electron chi connectivity index (χ0n) is 11.1. The van der Waals surface area contributed by atoms with Crippen LogP contribution in [-0.4, -0.2) is 40.1 Å². The molecule has 0 aliphatic rings. The number of benzene rings is 1. The maximum atomic E-state index is 11.8. The number of anilines is 1. The first-order valence-electron chi connectivity index (χ1n) is 5.90. The Morgan fingerprint density at radius 3 is 2.10 bits per heavy atom. The summed E-state index contributed by atoms with van der Waals surface area (Å²) >= 11 is 0. The third-order valence-corrected chi connectivity index (χ3v) is 2.50. The molecule has 20 heavy (non-hydrogen) atoms. The SMILES string of the molecule is CC(=O)Nc1ccc(C(=O)NC(C(=O)O)C(C)O)cc1. The lowest BCUT2D eigenvalue weighted by Gasteiger charge is -2.17. The Balaban J connectivity index is 2.77. The summed E-state index contributed by atoms with van der Waals surface area (Å²) in [7, 11) is 0. The molecule has 0 fully saturated rings. The fourth-order valence-electron chi connectivity index (χ4n) is 1.52. The Morgan fingerprint density at radius 1 is 1.15 bits per heavy atom. The minimum Gasteiger partial charge on any atom is -0.480 e. The first kappa shape index (κ1) is 15.6. The highest BCUT2D eigenvalue weighted by atomic mass is 16.4. The van der Waals surface area contributed by atoms with E-state index in [0.29, 0.717) is 5.69 Å². The molecule has 1 aromatic carbocycles. The first-order chi connectivity index (χ1) is 9.31. The van der Waals surface area contributed by atoms with Gasteiger partial charge in [0.05, 0.1) is 6.10 Å². The molecular formula is C13H16N2O5. The van der Waals surface area contributed by atoms with Crippen molar-refractivity contribution in [3.05, 3.63) is 29.8 Å². The molecule has 0 aliphatic carbocycles. The van der Waals surface area contributed by atoms with Crippen LogP contribution in [0.3, 0.4) is 0 Å². The summed E-state index contributed by atoms with van der Waals surface area (Å²) in [5.74, 6) is -2.17. The number of amides is 2. The molecule has 0 aliphatic heterocycles. The van der Waals surface area contributed by atoms with E-state index in [0.717, 1.165) is 0 Å². The smallest absolute Gasteiger partial charge is 0.328 e. The molecule has 2 amide bonds. The third kappa shape index (κ3) is 4.36. The molecule has 7 heteroatoms. The fourth-order valence-corrected chi connectivity index (χ4v) is 1.52. The van der Waals surface area contributed by atoms with Crippen LogP contribution in [0, 0.1) is 0 Å². The molecule has 0 aromatic heterocycles. The molecule has 108 valence electrons. The summed E-state index contributed by atoms with van der Waals surface area (Å²) in [4.78, 5) is 33.5. The lowest BCUT2D eigenvalue weighted by molar-refractivity contribution is -0.141. The molecular weight excluding hydrogens is 264 g/mol. The second-order valence-electron chi connectivity index (χ2n) is 4.29. The van der Waals surface area contributed by atoms with Crippen LogP contribution in [0.2, 0.25) is 0 Å². The molecule has 0 heterocycles. The third-order valence-electron chi connectivity index (χ3n) is 2.50. The summed E-state index contributed by atoms with van der Waals surface area (Å²) in [6.45, 7) is 2.64. The molecule has 2 unspecified atom stereocenters. The van der Waals surface area contributed by atoms with Gasteiger partial charge in [-0.3, -0.25) is 9.59 Å². The van der Waals surface area contributed by atoms with Gasteiger partial charge in [-0.25, -0.2) is 4.79 Å². The highest BCUT2D eigenvalue weighted by Gasteiger charge is 2.25. The molecule has 1 rings (SSSR count). The summed E-state index contributed by atoms with van der Waals surface area (Å²) in [6, 6.07) is 4.56. The Bertz CT molecular complexity index is 510. The van der Waals surface area contributed by atoms with Crippen molar-refractivity contribution < 1.29 is 24.6 Å². The highest BCUT2D eigenvalue weighted by Crippen LogP contribution is 2.10. The van der Waals surface area contributed by atoms with Crippen molar-refractivity contribution >= 4 is 23.5 Å². The van der Waals surface area contributed by atoms with E-state index < -0.39 is 24.0 Å². The van der Waals surface area contributed by atoms with Crippen LogP contribution in [0.15, 0.2) is 24.3 Å². The standard InChI is InChI=1S/C13H16N2O5/c1-7(16)11(13(19)20)15-12(18)9-3-5-10(6-4-9)14-8(2)17/h3-7,11,16H,1-2H3,(H,14,17)(H,15,18)(H,19,20). The van der Waals surface area contributed by atoms with Crippen molar-refractivity contribution in [1.82, 2.24) is 5.32 Å². The maximum Gasteiger partial charge on any atom is 0.328 e. The number of rotatable bonds is 5. The van der Waals surface area contributed by atoms with Crippen LogP contribution in [0.1, 0.15) is 24.2 Å². The molecule has 4 N–H and O–H groups in total. The number of aliphatic hydroxyl groups is 1. The predicted octanol–water partition coefficient (Wildman–Crippen LogP) is 0.209. The van der Waals surface area contributed by atoms with Gasteiger partial charge in [0.2, 0.25) is 5.91 Å². The largest absolute Gasteiger partial charge is 0.480 e. The summed E-state index contributed by atoms with van der Waals surface area (Å²) < 4.78 is 0. The fraction of sp³-hybridized carbons (Fsp3) is 0.308. The summed E-state index contributed by atoms with van der Waals surface area (Å²) in [5, 5.41) is 22.9. The van der Waals surface area contributed by atoms with E-state index in [1.54, 1.807) is 0 Å². The van der Waals surface area contributed by atoms with Crippen molar-refractivity contribution in [3.63, 3.8) is 0 Å². The van der Waals surface area contributed by atoms with Crippen molar-refractivity contribution in [2.24, 2.45) is 0 Å². The van der Waals surface area contributed by atoms with E-state index in [-0.39, 0.29) is 11.5 Å². The molecule has 0 saturated heterocycles. The average molecular weight is 280 g/mol. The van der Waals surface area contributed by atoms with Gasteiger partial charge in [-0.1, -0.05) is 0 Å². The van der Waals surface area contributed by atoms with Crippen LogP contribution in [0.5, 0.6) is 0 Å². The number of aliphatic carboxylic acids is 1. The molecule has 0 spiro atoms. The number of carboxylic acid groups (broad SMARTS) is 1. The molecule has 1 aromatic rings. The van der Waals surface area contributed by atoms with E-state index in [2.05, 4.69) is 10.6 Å². The predicted molar refractivity (Wildman–Crippen MR) is 71.3 cm³/mol. The van der Waals surface area contributed by atoms with Crippen molar-refractivity contribution in [2.75, 3.05) is 5.32 Å². The Hall–Kier alpha value is -2.41. The van der Waals surface area contributed by atoms with Gasteiger partial charge in [0, 0.05) is 18.2 Å². The second-order valence-corrected chi connectivity index (χ2v) is 4.29. The van der Waals surface area contributed by atoms with Crippen LogP contribution >= 0.6 is 0 Å². The lowest BCUT2D eigenvalue weighted by Crippen LogP contribution is -2.47. The number of hydrogen-bond donors (Lipinski definition) is 4. The van der Waals surface area contributed by atoms with Crippen LogP contribution in [0.4, 0.5) is 5.69 Å². The monoisotopic (exact) mass is 280 g/mol. The number of carbonyl (C=O) groups excluding carboxylic acids is 2. The average Bonchev–Trinajstić information content (AvgIpc) is 2.35. The number of hydrogen-bond acceptors (Lipinski definition) is 4. The second kappa shape index (κ2) is 6.67. The maximum absolute atomic E-state index is 11.8. The number of carboxylic acids is 1. The number of aliphatic hydroxyl groups excluding tert-OH is 1. The normalized spacial score (nSPS) is 13.2. The summed E-state index contributed by atoms with van der Waals surface area (Å²) in [5.41, 5.74) is 0.755. The van der Waals surface area contributed by atoms with Gasteiger partial charge in [0.1, 0.15) is 0 Å². The zero-order chi connectivity index (χ0) is 15.3. The van der Waals surface area contributed by atoms with Gasteiger partial charge in [-0.15, -0.1) is 0 Å². The number of carbonyl (C=O) groups is 3. The molecule has 0 saturated carbocycles. The van der Waals surface area contributed by atoms with Gasteiger partial charge in [-0.2, -0.15) is 0 Å². The number of nitrogens with one attached hydrogen (secondary N) is 2. The zero-order valence-corrected chi connectivity index (χ0v) is 11.1. The van der Waals surface area contributed by atoms with E-state index in [1.807, 2.05) is 0 Å². The quantitative estimate of drug-likeness (QED) is 0.615. The molecule has 0 radical (unpaired) electrons. The van der Waals surface area contributed by atoms with Crippen LogP contribution in [0.25, 0.3) is 0 Å². The first-order valence-corrected chi connectivity index (χ1v) is 5.90. The van der Waals surface area contributed by atoms with E-state index in [1.165, 1.54) is 38.1 Å². The highest BCUT2D eigenvalue weighted by molar-refractivity contribution is 5.97. The van der Waals surface area contributed by atoms with E-state index in [9.17, 15) is 19.5 Å². The summed E-state index contributed by atoms with van der Waals surface area (Å²) in [6.07, 6.45) is -1.21. The van der Waals surface area contributed by atoms with Crippen molar-refractivity contribution in [1.29, 1.82) is 0 Å².